The van der Waals surface area contributed by atoms with Crippen molar-refractivity contribution < 1.29 is 37.3 Å². The number of fused-ring (bicyclic) bond motifs is 1. The van der Waals surface area contributed by atoms with E-state index in [2.05, 4.69) is 26.0 Å². The van der Waals surface area contributed by atoms with Crippen LogP contribution < -0.4 is 19.5 Å². The fourth-order valence-corrected chi connectivity index (χ4v) is 4.02. The standard InChI is InChI=1S/C19H19BrN2O8S/c20-12-1-4-14(5-2-12)31(26,27)22-15(10-23)19(25)30-11-18(24)21-13-3-6-16-17(9-13)29-8-7-28-16/h1-6,9,15,22-23H,7-8,10-11H2,(H,21,24)/t15-/m1/s1. The summed E-state index contributed by atoms with van der Waals surface area (Å²) in [6.45, 7) is -0.699. The summed E-state index contributed by atoms with van der Waals surface area (Å²) >= 11 is 3.20. The molecular formula is C19H19BrN2O8S. The number of ether oxygens (including phenoxy) is 3. The van der Waals surface area contributed by atoms with Crippen LogP contribution in [0.2, 0.25) is 0 Å². The van der Waals surface area contributed by atoms with Crippen LogP contribution in [0, 0.1) is 0 Å². The van der Waals surface area contributed by atoms with Gasteiger partial charge in [0.05, 0.1) is 11.5 Å². The summed E-state index contributed by atoms with van der Waals surface area (Å²) in [5, 5.41) is 11.9. The van der Waals surface area contributed by atoms with Gasteiger partial charge >= 0.3 is 5.97 Å². The van der Waals surface area contributed by atoms with E-state index in [1.165, 1.54) is 24.3 Å². The molecule has 10 nitrogen and oxygen atoms in total. The average Bonchev–Trinajstić information content (AvgIpc) is 2.76. The Balaban J connectivity index is 1.54. The molecule has 1 heterocycles. The van der Waals surface area contributed by atoms with Crippen LogP contribution in [0.25, 0.3) is 0 Å². The third-order valence-corrected chi connectivity index (χ3v) is 6.08. The fourth-order valence-electron chi connectivity index (χ4n) is 2.58. The van der Waals surface area contributed by atoms with E-state index in [-0.39, 0.29) is 4.90 Å². The first-order valence-corrected chi connectivity index (χ1v) is 11.3. The fraction of sp³-hybridized carbons (Fsp3) is 0.263. The quantitative estimate of drug-likeness (QED) is 0.444. The molecule has 31 heavy (non-hydrogen) atoms. The maximum atomic E-state index is 12.4. The first kappa shape index (κ1) is 23.0. The predicted octanol–water partition coefficient (Wildman–Crippen LogP) is 1.04. The normalized spacial score (nSPS) is 13.9. The van der Waals surface area contributed by atoms with Crippen LogP contribution in [0.15, 0.2) is 51.8 Å². The summed E-state index contributed by atoms with van der Waals surface area (Å²) in [4.78, 5) is 24.1. The van der Waals surface area contributed by atoms with E-state index in [4.69, 9.17) is 14.2 Å². The van der Waals surface area contributed by atoms with Crippen LogP contribution in [0.3, 0.4) is 0 Å². The number of benzene rings is 2. The van der Waals surface area contributed by atoms with Crippen molar-refractivity contribution in [3.05, 3.63) is 46.9 Å². The van der Waals surface area contributed by atoms with Crippen molar-refractivity contribution in [2.24, 2.45) is 0 Å². The van der Waals surface area contributed by atoms with Gasteiger partial charge in [0, 0.05) is 16.2 Å². The van der Waals surface area contributed by atoms with Gasteiger partial charge in [-0.3, -0.25) is 9.59 Å². The Hall–Kier alpha value is -2.67. The SMILES string of the molecule is O=C(COC(=O)[C@@H](CO)NS(=O)(=O)c1ccc(Br)cc1)Nc1ccc2c(c1)OCCO2. The number of aliphatic hydroxyl groups excluding tert-OH is 1. The third-order valence-electron chi connectivity index (χ3n) is 4.06. The molecule has 0 radical (unpaired) electrons. The molecule has 3 rings (SSSR count). The van der Waals surface area contributed by atoms with Crippen LogP contribution in [0.5, 0.6) is 11.5 Å². The highest BCUT2D eigenvalue weighted by Gasteiger charge is 2.27. The summed E-state index contributed by atoms with van der Waals surface area (Å²) in [5.74, 6) is -0.721. The molecule has 0 unspecified atom stereocenters. The predicted molar refractivity (Wildman–Crippen MR) is 112 cm³/mol. The first-order chi connectivity index (χ1) is 14.8. The zero-order valence-corrected chi connectivity index (χ0v) is 18.4. The molecule has 1 aliphatic rings. The maximum Gasteiger partial charge on any atom is 0.327 e. The summed E-state index contributed by atoms with van der Waals surface area (Å²) in [7, 11) is -4.09. The second-order valence-corrected chi connectivity index (χ2v) is 8.95. The van der Waals surface area contributed by atoms with E-state index in [0.29, 0.717) is 34.9 Å². The van der Waals surface area contributed by atoms with Crippen molar-refractivity contribution >= 4 is 43.5 Å². The van der Waals surface area contributed by atoms with E-state index in [1.54, 1.807) is 18.2 Å². The number of carbonyl (C=O) groups excluding carboxylic acids is 2. The molecule has 1 atom stereocenters. The van der Waals surface area contributed by atoms with Gasteiger partial charge in [0.1, 0.15) is 19.3 Å². The van der Waals surface area contributed by atoms with E-state index < -0.39 is 41.2 Å². The highest BCUT2D eigenvalue weighted by Crippen LogP contribution is 2.32. The molecule has 1 aliphatic heterocycles. The van der Waals surface area contributed by atoms with Crippen LogP contribution in [-0.4, -0.2) is 57.9 Å². The Morgan fingerprint density at radius 2 is 1.77 bits per heavy atom. The third kappa shape index (κ3) is 6.17. The van der Waals surface area contributed by atoms with Gasteiger partial charge in [0.25, 0.3) is 5.91 Å². The minimum Gasteiger partial charge on any atom is -0.486 e. The van der Waals surface area contributed by atoms with E-state index in [0.717, 1.165) is 0 Å². The molecule has 2 aromatic carbocycles. The van der Waals surface area contributed by atoms with Crippen molar-refractivity contribution in [3.63, 3.8) is 0 Å². The molecule has 0 aliphatic carbocycles. The Kier molecular flexibility index (Phi) is 7.49. The molecule has 3 N–H and O–H groups in total. The number of halogens is 1. The number of aliphatic hydroxyl groups is 1. The molecule has 0 aromatic heterocycles. The van der Waals surface area contributed by atoms with Crippen LogP contribution in [-0.2, 0) is 24.3 Å². The lowest BCUT2D eigenvalue weighted by Crippen LogP contribution is -2.44. The van der Waals surface area contributed by atoms with Crippen molar-refractivity contribution in [1.82, 2.24) is 4.72 Å². The summed E-state index contributed by atoms with van der Waals surface area (Å²) in [5.41, 5.74) is 0.403. The van der Waals surface area contributed by atoms with Crippen LogP contribution in [0.4, 0.5) is 5.69 Å². The molecule has 166 valence electrons. The minimum absolute atomic E-state index is 0.0988. The number of hydrogen-bond donors (Lipinski definition) is 3. The van der Waals surface area contributed by atoms with Crippen LogP contribution in [0.1, 0.15) is 0 Å². The van der Waals surface area contributed by atoms with Gasteiger partial charge in [-0.2, -0.15) is 4.72 Å². The monoisotopic (exact) mass is 514 g/mol. The Morgan fingerprint density at radius 1 is 1.10 bits per heavy atom. The lowest BCUT2D eigenvalue weighted by Gasteiger charge is -2.19. The number of amides is 1. The first-order valence-electron chi connectivity index (χ1n) is 9.03. The number of rotatable bonds is 8. The number of nitrogens with one attached hydrogen (secondary N) is 2. The topological polar surface area (TPSA) is 140 Å². The number of hydrogen-bond acceptors (Lipinski definition) is 8. The highest BCUT2D eigenvalue weighted by molar-refractivity contribution is 9.10. The van der Waals surface area contributed by atoms with Crippen LogP contribution >= 0.6 is 15.9 Å². The molecule has 0 fully saturated rings. The van der Waals surface area contributed by atoms with Crippen molar-refractivity contribution in [2.75, 3.05) is 31.7 Å². The number of sulfonamides is 1. The van der Waals surface area contributed by atoms with E-state index >= 15 is 0 Å². The average molecular weight is 515 g/mol. The lowest BCUT2D eigenvalue weighted by atomic mass is 10.2. The van der Waals surface area contributed by atoms with E-state index in [1.807, 2.05) is 0 Å². The van der Waals surface area contributed by atoms with E-state index in [9.17, 15) is 23.1 Å². The number of carbonyl (C=O) groups is 2. The van der Waals surface area contributed by atoms with Gasteiger partial charge in [-0.05, 0) is 36.4 Å². The second-order valence-electron chi connectivity index (χ2n) is 6.32. The zero-order chi connectivity index (χ0) is 22.4. The van der Waals surface area contributed by atoms with Crippen molar-refractivity contribution in [2.45, 2.75) is 10.9 Å². The number of esters is 1. The Labute approximate surface area is 186 Å². The molecule has 0 saturated carbocycles. The lowest BCUT2D eigenvalue weighted by molar-refractivity contribution is -0.149. The van der Waals surface area contributed by atoms with Gasteiger partial charge in [0.2, 0.25) is 10.0 Å². The van der Waals surface area contributed by atoms with Crippen molar-refractivity contribution in [3.8, 4) is 11.5 Å². The molecule has 0 saturated heterocycles. The zero-order valence-electron chi connectivity index (χ0n) is 16.0. The summed E-state index contributed by atoms with van der Waals surface area (Å²) in [6.07, 6.45) is 0. The Morgan fingerprint density at radius 3 is 2.45 bits per heavy atom. The van der Waals surface area contributed by atoms with Gasteiger partial charge in [-0.25, -0.2) is 8.42 Å². The number of anilines is 1. The molecule has 1 amide bonds. The summed E-state index contributed by atoms with van der Waals surface area (Å²) < 4.78 is 43.1. The molecule has 0 bridgehead atoms. The molecule has 2 aromatic rings. The summed E-state index contributed by atoms with van der Waals surface area (Å²) in [6, 6.07) is 8.91. The molecule has 12 heteroatoms. The smallest absolute Gasteiger partial charge is 0.327 e. The van der Waals surface area contributed by atoms with Gasteiger partial charge < -0.3 is 24.6 Å². The van der Waals surface area contributed by atoms with Gasteiger partial charge in [-0.15, -0.1) is 0 Å². The maximum absolute atomic E-state index is 12.4. The minimum atomic E-state index is -4.09. The van der Waals surface area contributed by atoms with Gasteiger partial charge in [-0.1, -0.05) is 15.9 Å². The largest absolute Gasteiger partial charge is 0.486 e. The highest BCUT2D eigenvalue weighted by atomic mass is 79.9. The van der Waals surface area contributed by atoms with Gasteiger partial charge in [0.15, 0.2) is 18.1 Å². The Bertz CT molecular complexity index is 1060. The molecular weight excluding hydrogens is 496 g/mol. The molecule has 0 spiro atoms. The van der Waals surface area contributed by atoms with Crippen molar-refractivity contribution in [1.29, 1.82) is 0 Å². The second kappa shape index (κ2) is 10.1.